The second-order valence-corrected chi connectivity index (χ2v) is 5.52. The molecule has 0 amide bonds. The molecule has 108 valence electrons. The highest BCUT2D eigenvalue weighted by Gasteiger charge is 2.04. The van der Waals surface area contributed by atoms with Crippen molar-refractivity contribution >= 4 is 0 Å². The lowest BCUT2D eigenvalue weighted by molar-refractivity contribution is 0.521. The van der Waals surface area contributed by atoms with E-state index in [-0.39, 0.29) is 0 Å². The molecule has 0 radical (unpaired) electrons. The number of aryl methyl sites for hydroxylation is 3. The molecule has 0 spiro atoms. The SMILES string of the molecule is Cc1cc(C)n(CCCNCC(C)c2ccccc2)n1. The monoisotopic (exact) mass is 271 g/mol. The number of hydrogen-bond donors (Lipinski definition) is 1. The molecule has 0 aliphatic rings. The second-order valence-electron chi connectivity index (χ2n) is 5.52. The van der Waals surface area contributed by atoms with Crippen molar-refractivity contribution in [3.63, 3.8) is 0 Å². The predicted octanol–water partition coefficient (Wildman–Crippen LogP) is 3.28. The Morgan fingerprint density at radius 3 is 2.60 bits per heavy atom. The van der Waals surface area contributed by atoms with Crippen LogP contribution in [0.25, 0.3) is 0 Å². The van der Waals surface area contributed by atoms with Crippen LogP contribution in [-0.2, 0) is 6.54 Å². The van der Waals surface area contributed by atoms with Gasteiger partial charge in [-0.15, -0.1) is 0 Å². The largest absolute Gasteiger partial charge is 0.316 e. The summed E-state index contributed by atoms with van der Waals surface area (Å²) in [4.78, 5) is 0. The van der Waals surface area contributed by atoms with Crippen LogP contribution >= 0.6 is 0 Å². The quantitative estimate of drug-likeness (QED) is 0.783. The number of rotatable bonds is 7. The lowest BCUT2D eigenvalue weighted by atomic mass is 10.0. The molecule has 1 atom stereocenters. The molecular formula is C17H25N3. The van der Waals surface area contributed by atoms with Gasteiger partial charge in [0.05, 0.1) is 5.69 Å². The van der Waals surface area contributed by atoms with Crippen molar-refractivity contribution in [3.8, 4) is 0 Å². The fraction of sp³-hybridized carbons (Fsp3) is 0.471. The zero-order valence-corrected chi connectivity index (χ0v) is 12.8. The molecule has 1 unspecified atom stereocenters. The van der Waals surface area contributed by atoms with Gasteiger partial charge in [-0.05, 0) is 44.4 Å². The Hall–Kier alpha value is -1.61. The summed E-state index contributed by atoms with van der Waals surface area (Å²) < 4.78 is 2.09. The van der Waals surface area contributed by atoms with Crippen molar-refractivity contribution in [2.45, 2.75) is 39.7 Å². The Morgan fingerprint density at radius 2 is 1.95 bits per heavy atom. The van der Waals surface area contributed by atoms with Crippen LogP contribution in [0.3, 0.4) is 0 Å². The van der Waals surface area contributed by atoms with Crippen molar-refractivity contribution in [1.29, 1.82) is 0 Å². The number of aromatic nitrogens is 2. The van der Waals surface area contributed by atoms with E-state index >= 15 is 0 Å². The van der Waals surface area contributed by atoms with Gasteiger partial charge in [-0.3, -0.25) is 4.68 Å². The van der Waals surface area contributed by atoms with Crippen molar-refractivity contribution < 1.29 is 0 Å². The highest BCUT2D eigenvalue weighted by Crippen LogP contribution is 2.12. The third-order valence-corrected chi connectivity index (χ3v) is 3.65. The van der Waals surface area contributed by atoms with Crippen LogP contribution in [0, 0.1) is 13.8 Å². The molecule has 2 aromatic rings. The minimum atomic E-state index is 0.560. The Bertz CT molecular complexity index is 516. The van der Waals surface area contributed by atoms with Gasteiger partial charge in [0.1, 0.15) is 0 Å². The van der Waals surface area contributed by atoms with Crippen molar-refractivity contribution in [1.82, 2.24) is 15.1 Å². The zero-order valence-electron chi connectivity index (χ0n) is 12.8. The molecule has 1 aromatic carbocycles. The highest BCUT2D eigenvalue weighted by atomic mass is 15.3. The summed E-state index contributed by atoms with van der Waals surface area (Å²) in [7, 11) is 0. The fourth-order valence-electron chi connectivity index (χ4n) is 2.47. The van der Waals surface area contributed by atoms with Gasteiger partial charge in [0, 0.05) is 18.8 Å². The Balaban J connectivity index is 1.66. The molecule has 2 rings (SSSR count). The molecule has 0 bridgehead atoms. The molecule has 1 aromatic heterocycles. The van der Waals surface area contributed by atoms with E-state index in [0.29, 0.717) is 5.92 Å². The normalized spacial score (nSPS) is 12.6. The van der Waals surface area contributed by atoms with Gasteiger partial charge >= 0.3 is 0 Å². The van der Waals surface area contributed by atoms with E-state index in [2.05, 4.69) is 65.3 Å². The maximum Gasteiger partial charge on any atom is 0.0596 e. The minimum Gasteiger partial charge on any atom is -0.316 e. The molecule has 1 heterocycles. The maximum absolute atomic E-state index is 4.48. The third kappa shape index (κ3) is 4.20. The first-order chi connectivity index (χ1) is 9.66. The summed E-state index contributed by atoms with van der Waals surface area (Å²) in [6.45, 7) is 9.49. The molecule has 3 heteroatoms. The summed E-state index contributed by atoms with van der Waals surface area (Å²) in [5.74, 6) is 0.560. The Labute approximate surface area is 122 Å². The van der Waals surface area contributed by atoms with Crippen LogP contribution in [0.15, 0.2) is 36.4 Å². The molecule has 20 heavy (non-hydrogen) atoms. The van der Waals surface area contributed by atoms with Crippen LogP contribution in [-0.4, -0.2) is 22.9 Å². The van der Waals surface area contributed by atoms with Crippen LogP contribution in [0.2, 0.25) is 0 Å². The summed E-state index contributed by atoms with van der Waals surface area (Å²) >= 11 is 0. The first-order valence-electron chi connectivity index (χ1n) is 7.43. The summed E-state index contributed by atoms with van der Waals surface area (Å²) in [6.07, 6.45) is 1.11. The van der Waals surface area contributed by atoms with Crippen LogP contribution in [0.5, 0.6) is 0 Å². The van der Waals surface area contributed by atoms with Crippen molar-refractivity contribution in [3.05, 3.63) is 53.3 Å². The number of nitrogens with one attached hydrogen (secondary N) is 1. The van der Waals surface area contributed by atoms with Crippen molar-refractivity contribution in [2.24, 2.45) is 0 Å². The van der Waals surface area contributed by atoms with E-state index < -0.39 is 0 Å². The number of benzene rings is 1. The number of hydrogen-bond acceptors (Lipinski definition) is 2. The first kappa shape index (κ1) is 14.8. The molecule has 0 aliphatic heterocycles. The van der Waals surface area contributed by atoms with Gasteiger partial charge < -0.3 is 5.32 Å². The lowest BCUT2D eigenvalue weighted by Gasteiger charge is -2.13. The fourth-order valence-corrected chi connectivity index (χ4v) is 2.47. The molecule has 1 N–H and O–H groups in total. The average molecular weight is 271 g/mol. The topological polar surface area (TPSA) is 29.9 Å². The van der Waals surface area contributed by atoms with Crippen LogP contribution in [0.1, 0.15) is 36.2 Å². The van der Waals surface area contributed by atoms with E-state index in [9.17, 15) is 0 Å². The van der Waals surface area contributed by atoms with Gasteiger partial charge in [-0.1, -0.05) is 37.3 Å². The van der Waals surface area contributed by atoms with Gasteiger partial charge in [-0.2, -0.15) is 5.10 Å². The molecule has 3 nitrogen and oxygen atoms in total. The van der Waals surface area contributed by atoms with E-state index in [4.69, 9.17) is 0 Å². The smallest absolute Gasteiger partial charge is 0.0596 e. The van der Waals surface area contributed by atoms with E-state index in [0.717, 1.165) is 31.7 Å². The Kier molecular flexibility index (Phi) is 5.36. The summed E-state index contributed by atoms with van der Waals surface area (Å²) in [6, 6.07) is 12.8. The average Bonchev–Trinajstić information content (AvgIpc) is 2.77. The highest BCUT2D eigenvalue weighted by molar-refractivity contribution is 5.18. The van der Waals surface area contributed by atoms with E-state index in [1.165, 1.54) is 11.3 Å². The molecule has 0 fully saturated rings. The zero-order chi connectivity index (χ0) is 14.4. The van der Waals surface area contributed by atoms with Crippen LogP contribution < -0.4 is 5.32 Å². The van der Waals surface area contributed by atoms with Crippen molar-refractivity contribution in [2.75, 3.05) is 13.1 Å². The number of nitrogens with zero attached hydrogens (tertiary/aromatic N) is 2. The van der Waals surface area contributed by atoms with Gasteiger partial charge in [0.2, 0.25) is 0 Å². The lowest BCUT2D eigenvalue weighted by Crippen LogP contribution is -2.22. The van der Waals surface area contributed by atoms with Gasteiger partial charge in [-0.25, -0.2) is 0 Å². The molecule has 0 aliphatic carbocycles. The summed E-state index contributed by atoms with van der Waals surface area (Å²) in [5, 5.41) is 8.02. The third-order valence-electron chi connectivity index (χ3n) is 3.65. The first-order valence-corrected chi connectivity index (χ1v) is 7.43. The molecular weight excluding hydrogens is 246 g/mol. The molecule has 0 saturated carbocycles. The Morgan fingerprint density at radius 1 is 1.20 bits per heavy atom. The summed E-state index contributed by atoms with van der Waals surface area (Å²) in [5.41, 5.74) is 3.76. The maximum atomic E-state index is 4.48. The molecule has 0 saturated heterocycles. The predicted molar refractivity (Wildman–Crippen MR) is 84.0 cm³/mol. The van der Waals surface area contributed by atoms with Crippen LogP contribution in [0.4, 0.5) is 0 Å². The van der Waals surface area contributed by atoms with Gasteiger partial charge in [0.15, 0.2) is 0 Å². The van der Waals surface area contributed by atoms with Gasteiger partial charge in [0.25, 0.3) is 0 Å². The minimum absolute atomic E-state index is 0.560. The van der Waals surface area contributed by atoms with E-state index in [1.54, 1.807) is 0 Å². The second kappa shape index (κ2) is 7.25. The standard InChI is InChI=1S/C17H25N3/c1-14(17-8-5-4-6-9-17)13-18-10-7-11-20-16(3)12-15(2)19-20/h4-6,8-9,12,14,18H,7,10-11,13H2,1-3H3. The van der Waals surface area contributed by atoms with E-state index in [1.807, 2.05) is 6.92 Å².